The third kappa shape index (κ3) is 2.66. The van der Waals surface area contributed by atoms with Gasteiger partial charge in [0.2, 0.25) is 0 Å². The molecule has 0 bridgehead atoms. The van der Waals surface area contributed by atoms with E-state index in [0.717, 1.165) is 17.8 Å². The summed E-state index contributed by atoms with van der Waals surface area (Å²) >= 11 is 3.49. The second kappa shape index (κ2) is 4.54. The van der Waals surface area contributed by atoms with Crippen molar-refractivity contribution < 1.29 is 0 Å². The van der Waals surface area contributed by atoms with Gasteiger partial charge in [0.15, 0.2) is 0 Å². The lowest BCUT2D eigenvalue weighted by molar-refractivity contribution is 0.478. The van der Waals surface area contributed by atoms with Gasteiger partial charge in [0, 0.05) is 24.3 Å². The molecule has 0 aliphatic carbocycles. The first kappa shape index (κ1) is 8.78. The Morgan fingerprint density at radius 3 is 2.91 bits per heavy atom. The highest BCUT2D eigenvalue weighted by molar-refractivity contribution is 9.09. The molecular weight excluding hydrogens is 204 g/mol. The highest BCUT2D eigenvalue weighted by atomic mass is 79.9. The Bertz CT molecular complexity index is 180. The molecule has 1 rings (SSSR count). The van der Waals surface area contributed by atoms with Crippen molar-refractivity contribution in [2.45, 2.75) is 19.9 Å². The Kier molecular flexibility index (Phi) is 3.63. The predicted octanol–water partition coefficient (Wildman–Crippen LogP) is 2.30. The van der Waals surface area contributed by atoms with Gasteiger partial charge in [-0.05, 0) is 5.92 Å². The van der Waals surface area contributed by atoms with Crippen molar-refractivity contribution in [2.75, 3.05) is 5.33 Å². The van der Waals surface area contributed by atoms with Crippen molar-refractivity contribution in [3.05, 3.63) is 18.7 Å². The second-order valence-electron chi connectivity index (χ2n) is 2.69. The first-order chi connectivity index (χ1) is 5.36. The molecule has 0 radical (unpaired) electrons. The molecule has 0 saturated heterocycles. The van der Waals surface area contributed by atoms with Crippen LogP contribution in [0, 0.1) is 5.92 Å². The van der Waals surface area contributed by atoms with Gasteiger partial charge >= 0.3 is 0 Å². The highest BCUT2D eigenvalue weighted by Crippen LogP contribution is 2.08. The molecule has 0 aromatic carbocycles. The molecule has 0 aliphatic heterocycles. The summed E-state index contributed by atoms with van der Waals surface area (Å²) < 4.78 is 2.12. The topological polar surface area (TPSA) is 17.8 Å². The molecule has 1 unspecified atom stereocenters. The molecular formula is C8H13BrN2. The summed E-state index contributed by atoms with van der Waals surface area (Å²) in [6, 6.07) is 0. The van der Waals surface area contributed by atoms with E-state index in [1.165, 1.54) is 6.42 Å². The third-order valence-electron chi connectivity index (χ3n) is 1.82. The SMILES string of the molecule is CCC(CBr)Cn1ccnc1. The summed E-state index contributed by atoms with van der Waals surface area (Å²) in [5.41, 5.74) is 0. The number of nitrogens with zero attached hydrogens (tertiary/aromatic N) is 2. The number of hydrogen-bond donors (Lipinski definition) is 0. The molecule has 1 atom stereocenters. The molecule has 0 N–H and O–H groups in total. The molecule has 11 heavy (non-hydrogen) atoms. The van der Waals surface area contributed by atoms with Crippen LogP contribution in [-0.4, -0.2) is 14.9 Å². The average molecular weight is 217 g/mol. The minimum Gasteiger partial charge on any atom is -0.337 e. The van der Waals surface area contributed by atoms with Gasteiger partial charge in [-0.2, -0.15) is 0 Å². The number of alkyl halides is 1. The molecule has 1 aromatic heterocycles. The van der Waals surface area contributed by atoms with Crippen molar-refractivity contribution in [1.82, 2.24) is 9.55 Å². The van der Waals surface area contributed by atoms with Crippen molar-refractivity contribution in [3.63, 3.8) is 0 Å². The van der Waals surface area contributed by atoms with Gasteiger partial charge in [-0.15, -0.1) is 0 Å². The molecule has 1 aromatic rings. The lowest BCUT2D eigenvalue weighted by Crippen LogP contribution is -2.09. The summed E-state index contributed by atoms with van der Waals surface area (Å²) in [4.78, 5) is 3.99. The van der Waals surface area contributed by atoms with Gasteiger partial charge in [-0.1, -0.05) is 29.3 Å². The zero-order chi connectivity index (χ0) is 8.10. The Morgan fingerprint density at radius 2 is 2.45 bits per heavy atom. The maximum absolute atomic E-state index is 3.99. The van der Waals surface area contributed by atoms with Crippen LogP contribution >= 0.6 is 15.9 Å². The van der Waals surface area contributed by atoms with Crippen LogP contribution < -0.4 is 0 Å². The van der Waals surface area contributed by atoms with Crippen LogP contribution in [0.3, 0.4) is 0 Å². The smallest absolute Gasteiger partial charge is 0.0946 e. The fourth-order valence-corrected chi connectivity index (χ4v) is 1.64. The van der Waals surface area contributed by atoms with Gasteiger partial charge in [0.25, 0.3) is 0 Å². The summed E-state index contributed by atoms with van der Waals surface area (Å²) in [5.74, 6) is 0.726. The monoisotopic (exact) mass is 216 g/mol. The second-order valence-corrected chi connectivity index (χ2v) is 3.34. The first-order valence-electron chi connectivity index (χ1n) is 3.88. The Morgan fingerprint density at radius 1 is 1.64 bits per heavy atom. The standard InChI is InChI=1S/C8H13BrN2/c1-2-8(5-9)6-11-4-3-10-7-11/h3-4,7-8H,2,5-6H2,1H3. The van der Waals surface area contributed by atoms with Crippen LogP contribution in [0.4, 0.5) is 0 Å². The van der Waals surface area contributed by atoms with E-state index < -0.39 is 0 Å². The zero-order valence-electron chi connectivity index (χ0n) is 6.70. The number of imidazole rings is 1. The predicted molar refractivity (Wildman–Crippen MR) is 49.8 cm³/mol. The average Bonchev–Trinajstić information content (AvgIpc) is 2.52. The van der Waals surface area contributed by atoms with Gasteiger partial charge < -0.3 is 4.57 Å². The van der Waals surface area contributed by atoms with E-state index >= 15 is 0 Å². The number of halogens is 1. The summed E-state index contributed by atoms with van der Waals surface area (Å²) in [5, 5.41) is 1.07. The van der Waals surface area contributed by atoms with Crippen molar-refractivity contribution >= 4 is 15.9 Å². The van der Waals surface area contributed by atoms with E-state index in [1.54, 1.807) is 0 Å². The van der Waals surface area contributed by atoms with E-state index in [4.69, 9.17) is 0 Å². The molecule has 1 heterocycles. The fraction of sp³-hybridized carbons (Fsp3) is 0.625. The molecule has 0 fully saturated rings. The van der Waals surface area contributed by atoms with Crippen LogP contribution in [-0.2, 0) is 6.54 Å². The van der Waals surface area contributed by atoms with Crippen LogP contribution in [0.25, 0.3) is 0 Å². The summed E-state index contributed by atoms with van der Waals surface area (Å²) in [6.07, 6.45) is 6.90. The van der Waals surface area contributed by atoms with Gasteiger partial charge in [0.05, 0.1) is 6.33 Å². The molecule has 0 aliphatic rings. The highest BCUT2D eigenvalue weighted by Gasteiger charge is 2.03. The lowest BCUT2D eigenvalue weighted by Gasteiger charge is -2.10. The lowest BCUT2D eigenvalue weighted by atomic mass is 10.1. The molecule has 2 nitrogen and oxygen atoms in total. The van der Waals surface area contributed by atoms with Crippen LogP contribution in [0.2, 0.25) is 0 Å². The minimum atomic E-state index is 0.726. The van der Waals surface area contributed by atoms with Crippen molar-refractivity contribution in [1.29, 1.82) is 0 Å². The van der Waals surface area contributed by atoms with Gasteiger partial charge in [-0.25, -0.2) is 4.98 Å². The Labute approximate surface area is 75.8 Å². The Balaban J connectivity index is 2.41. The van der Waals surface area contributed by atoms with Gasteiger partial charge in [0.1, 0.15) is 0 Å². The van der Waals surface area contributed by atoms with Gasteiger partial charge in [-0.3, -0.25) is 0 Å². The summed E-state index contributed by atoms with van der Waals surface area (Å²) in [6.45, 7) is 3.28. The van der Waals surface area contributed by atoms with Crippen LogP contribution in [0.15, 0.2) is 18.7 Å². The zero-order valence-corrected chi connectivity index (χ0v) is 8.29. The summed E-state index contributed by atoms with van der Waals surface area (Å²) in [7, 11) is 0. The quantitative estimate of drug-likeness (QED) is 0.707. The largest absolute Gasteiger partial charge is 0.337 e. The van der Waals surface area contributed by atoms with Crippen LogP contribution in [0.5, 0.6) is 0 Å². The minimum absolute atomic E-state index is 0.726. The third-order valence-corrected chi connectivity index (χ3v) is 2.74. The van der Waals surface area contributed by atoms with E-state index in [2.05, 4.69) is 32.4 Å². The van der Waals surface area contributed by atoms with E-state index in [-0.39, 0.29) is 0 Å². The normalized spacial score (nSPS) is 13.3. The molecule has 62 valence electrons. The Hall–Kier alpha value is -0.310. The molecule has 3 heteroatoms. The first-order valence-corrected chi connectivity index (χ1v) is 5.00. The number of hydrogen-bond acceptors (Lipinski definition) is 1. The van der Waals surface area contributed by atoms with Crippen molar-refractivity contribution in [2.24, 2.45) is 5.92 Å². The molecule has 0 amide bonds. The van der Waals surface area contributed by atoms with E-state index in [0.29, 0.717) is 0 Å². The number of aromatic nitrogens is 2. The molecule has 0 saturated carbocycles. The van der Waals surface area contributed by atoms with E-state index in [1.807, 2.05) is 18.7 Å². The van der Waals surface area contributed by atoms with Crippen LogP contribution in [0.1, 0.15) is 13.3 Å². The van der Waals surface area contributed by atoms with Crippen molar-refractivity contribution in [3.8, 4) is 0 Å². The molecule has 0 spiro atoms. The van der Waals surface area contributed by atoms with E-state index in [9.17, 15) is 0 Å². The maximum Gasteiger partial charge on any atom is 0.0946 e. The fourth-order valence-electron chi connectivity index (χ4n) is 0.980. The maximum atomic E-state index is 3.99. The number of rotatable bonds is 4.